The summed E-state index contributed by atoms with van der Waals surface area (Å²) in [6.45, 7) is 1.19. The molecule has 0 saturated heterocycles. The van der Waals surface area contributed by atoms with E-state index >= 15 is 0 Å². The number of nitrogens with one attached hydrogen (secondary N) is 1. The molecule has 0 aromatic heterocycles. The van der Waals surface area contributed by atoms with Crippen molar-refractivity contribution >= 4 is 50.7 Å². The molecule has 0 fully saturated rings. The number of sulfonamides is 1. The van der Waals surface area contributed by atoms with E-state index in [-0.39, 0.29) is 28.6 Å². The highest BCUT2D eigenvalue weighted by Crippen LogP contribution is 2.32. The van der Waals surface area contributed by atoms with Crippen LogP contribution in [0.15, 0.2) is 102 Å². The van der Waals surface area contributed by atoms with E-state index in [2.05, 4.69) is 5.32 Å². The van der Waals surface area contributed by atoms with E-state index in [0.717, 1.165) is 15.4 Å². The highest BCUT2D eigenvalue weighted by atomic mass is 35.5. The number of anilines is 1. The normalized spacial score (nSPS) is 11.8. The average molecular weight is 655 g/mol. The zero-order valence-corrected chi connectivity index (χ0v) is 26.9. The lowest BCUT2D eigenvalue weighted by Crippen LogP contribution is -2.53. The van der Waals surface area contributed by atoms with Crippen molar-refractivity contribution in [1.29, 1.82) is 0 Å². The number of amides is 2. The highest BCUT2D eigenvalue weighted by Gasteiger charge is 2.34. The fourth-order valence-corrected chi connectivity index (χ4v) is 6.56. The first kappa shape index (κ1) is 32.9. The molecule has 1 atom stereocenters. The van der Waals surface area contributed by atoms with E-state index in [9.17, 15) is 18.0 Å². The summed E-state index contributed by atoms with van der Waals surface area (Å²) in [5.41, 5.74) is 2.45. The predicted octanol–water partition coefficient (Wildman–Crippen LogP) is 5.89. The Morgan fingerprint density at radius 2 is 1.55 bits per heavy atom. The van der Waals surface area contributed by atoms with Crippen molar-refractivity contribution in [3.63, 3.8) is 0 Å². The molecule has 4 rings (SSSR count). The Balaban J connectivity index is 1.82. The molecule has 4 aromatic rings. The minimum Gasteiger partial charge on any atom is -0.495 e. The third-order valence-electron chi connectivity index (χ3n) is 7.13. The summed E-state index contributed by atoms with van der Waals surface area (Å²) >= 11 is 12.9. The van der Waals surface area contributed by atoms with Gasteiger partial charge in [0.25, 0.3) is 10.0 Å². The number of methoxy groups -OCH3 is 1. The Morgan fingerprint density at radius 3 is 2.16 bits per heavy atom. The third-order valence-corrected chi connectivity index (χ3v) is 9.58. The number of nitrogens with zero attached hydrogens (tertiary/aromatic N) is 2. The van der Waals surface area contributed by atoms with Gasteiger partial charge in [-0.05, 0) is 54.4 Å². The number of rotatable bonds is 12. The van der Waals surface area contributed by atoms with Crippen LogP contribution < -0.4 is 14.4 Å². The van der Waals surface area contributed by atoms with Crippen LogP contribution in [0.25, 0.3) is 0 Å². The molecule has 4 aromatic carbocycles. The fourth-order valence-electron chi connectivity index (χ4n) is 4.71. The Morgan fingerprint density at radius 1 is 0.886 bits per heavy atom. The average Bonchev–Trinajstić information content (AvgIpc) is 3.02. The number of halogens is 2. The van der Waals surface area contributed by atoms with E-state index in [1.54, 1.807) is 36.4 Å². The van der Waals surface area contributed by atoms with Crippen molar-refractivity contribution in [2.24, 2.45) is 0 Å². The van der Waals surface area contributed by atoms with Crippen LogP contribution in [0.4, 0.5) is 5.69 Å². The van der Waals surface area contributed by atoms with Gasteiger partial charge in [0, 0.05) is 25.0 Å². The summed E-state index contributed by atoms with van der Waals surface area (Å²) in [6, 6.07) is 26.1. The second kappa shape index (κ2) is 14.6. The van der Waals surface area contributed by atoms with Crippen LogP contribution in [0.1, 0.15) is 16.7 Å². The van der Waals surface area contributed by atoms with Gasteiger partial charge in [-0.3, -0.25) is 13.9 Å². The maximum Gasteiger partial charge on any atom is 0.264 e. The molecular weight excluding hydrogens is 621 g/mol. The topological polar surface area (TPSA) is 96.0 Å². The van der Waals surface area contributed by atoms with Crippen molar-refractivity contribution < 1.29 is 22.7 Å². The van der Waals surface area contributed by atoms with Gasteiger partial charge >= 0.3 is 0 Å². The quantitative estimate of drug-likeness (QED) is 0.206. The molecule has 0 unspecified atom stereocenters. The summed E-state index contributed by atoms with van der Waals surface area (Å²) < 4.78 is 34.5. The van der Waals surface area contributed by atoms with Crippen molar-refractivity contribution in [3.8, 4) is 5.75 Å². The van der Waals surface area contributed by atoms with Crippen LogP contribution in [-0.2, 0) is 32.6 Å². The molecular formula is C33H33Cl2N3O5S. The van der Waals surface area contributed by atoms with E-state index < -0.39 is 34.4 Å². The molecule has 0 saturated carbocycles. The van der Waals surface area contributed by atoms with Gasteiger partial charge in [0.1, 0.15) is 18.3 Å². The van der Waals surface area contributed by atoms with Crippen LogP contribution in [0.5, 0.6) is 5.75 Å². The van der Waals surface area contributed by atoms with Gasteiger partial charge in [-0.15, -0.1) is 0 Å². The Labute approximate surface area is 268 Å². The Kier molecular flexibility index (Phi) is 10.9. The van der Waals surface area contributed by atoms with Crippen LogP contribution in [-0.4, -0.2) is 51.9 Å². The second-order valence-corrected chi connectivity index (χ2v) is 12.8. The van der Waals surface area contributed by atoms with E-state index in [0.29, 0.717) is 16.3 Å². The SMILES string of the molecule is CNC(=O)[C@@H](Cc1ccccc1)N(Cc1ccccc1Cl)C(=O)CN(c1ccc(OC)c(Cl)c1)S(=O)(=O)c1ccc(C)cc1. The van der Waals surface area contributed by atoms with Gasteiger partial charge < -0.3 is 15.0 Å². The molecule has 8 nitrogen and oxygen atoms in total. The number of carbonyl (C=O) groups excluding carboxylic acids is 2. The van der Waals surface area contributed by atoms with Gasteiger partial charge in [0.2, 0.25) is 11.8 Å². The molecule has 0 aliphatic carbocycles. The maximum atomic E-state index is 14.4. The molecule has 0 bridgehead atoms. The summed E-state index contributed by atoms with van der Waals surface area (Å²) in [5, 5.41) is 3.24. The number of hydrogen-bond donors (Lipinski definition) is 1. The first-order chi connectivity index (χ1) is 21.0. The highest BCUT2D eigenvalue weighted by molar-refractivity contribution is 7.92. The lowest BCUT2D eigenvalue weighted by atomic mass is 10.0. The number of benzene rings is 4. The molecule has 0 radical (unpaired) electrons. The van der Waals surface area contributed by atoms with Crippen molar-refractivity contribution in [2.75, 3.05) is 25.0 Å². The minimum atomic E-state index is -4.27. The van der Waals surface area contributed by atoms with Crippen molar-refractivity contribution in [1.82, 2.24) is 10.2 Å². The lowest BCUT2D eigenvalue weighted by molar-refractivity contribution is -0.139. The zero-order valence-electron chi connectivity index (χ0n) is 24.5. The predicted molar refractivity (Wildman–Crippen MR) is 174 cm³/mol. The largest absolute Gasteiger partial charge is 0.495 e. The number of carbonyl (C=O) groups is 2. The lowest BCUT2D eigenvalue weighted by Gasteiger charge is -2.33. The standard InChI is InChI=1S/C33H33Cl2N3O5S/c1-23-13-16-27(17-14-23)44(41,42)38(26-15-18-31(43-3)29(35)20-26)22-32(39)37(21-25-11-7-8-12-28(25)34)30(33(40)36-2)19-24-9-5-4-6-10-24/h4-18,20,30H,19,21-22H2,1-3H3,(H,36,40)/t30-/m1/s1. The molecule has 44 heavy (non-hydrogen) atoms. The number of likely N-dealkylation sites (N-methyl/N-ethyl adjacent to an activating group) is 1. The molecule has 0 aliphatic heterocycles. The van der Waals surface area contributed by atoms with Crippen LogP contribution in [0.3, 0.4) is 0 Å². The maximum absolute atomic E-state index is 14.4. The van der Waals surface area contributed by atoms with E-state index in [4.69, 9.17) is 27.9 Å². The Hall–Kier alpha value is -4.05. The van der Waals surface area contributed by atoms with E-state index in [1.165, 1.54) is 49.4 Å². The van der Waals surface area contributed by atoms with Crippen LogP contribution >= 0.6 is 23.2 Å². The minimum absolute atomic E-state index is 0.00682. The summed E-state index contributed by atoms with van der Waals surface area (Å²) in [4.78, 5) is 29.1. The molecule has 230 valence electrons. The smallest absolute Gasteiger partial charge is 0.264 e. The van der Waals surface area contributed by atoms with Crippen molar-refractivity contribution in [2.45, 2.75) is 30.8 Å². The fraction of sp³-hybridized carbons (Fsp3) is 0.212. The van der Waals surface area contributed by atoms with Gasteiger partial charge in [-0.1, -0.05) is 89.4 Å². The van der Waals surface area contributed by atoms with E-state index in [1.807, 2.05) is 37.3 Å². The molecule has 0 heterocycles. The van der Waals surface area contributed by atoms with Crippen LogP contribution in [0.2, 0.25) is 10.0 Å². The van der Waals surface area contributed by atoms with Gasteiger partial charge in [-0.2, -0.15) is 0 Å². The first-order valence-corrected chi connectivity index (χ1v) is 16.0. The second-order valence-electron chi connectivity index (χ2n) is 10.1. The Bertz CT molecular complexity index is 1720. The third kappa shape index (κ3) is 7.72. The molecule has 1 N–H and O–H groups in total. The number of ether oxygens (including phenoxy) is 1. The van der Waals surface area contributed by atoms with Crippen LogP contribution in [0, 0.1) is 6.92 Å². The molecule has 0 spiro atoms. The first-order valence-electron chi connectivity index (χ1n) is 13.8. The molecule has 0 aliphatic rings. The van der Waals surface area contributed by atoms with Gasteiger partial charge in [0.05, 0.1) is 22.7 Å². The number of hydrogen-bond acceptors (Lipinski definition) is 5. The van der Waals surface area contributed by atoms with Gasteiger partial charge in [-0.25, -0.2) is 8.42 Å². The summed E-state index contributed by atoms with van der Waals surface area (Å²) in [7, 11) is -1.33. The molecule has 2 amide bonds. The molecule has 11 heteroatoms. The zero-order chi connectivity index (χ0) is 31.9. The monoisotopic (exact) mass is 653 g/mol. The summed E-state index contributed by atoms with van der Waals surface area (Å²) in [5.74, 6) is -0.677. The number of aryl methyl sites for hydroxylation is 1. The van der Waals surface area contributed by atoms with Gasteiger partial charge in [0.15, 0.2) is 0 Å². The summed E-state index contributed by atoms with van der Waals surface area (Å²) in [6.07, 6.45) is 0.190. The van der Waals surface area contributed by atoms with Crippen molar-refractivity contribution in [3.05, 3.63) is 124 Å².